The van der Waals surface area contributed by atoms with E-state index in [9.17, 15) is 9.90 Å². The Morgan fingerprint density at radius 2 is 1.86 bits per heavy atom. The Balaban J connectivity index is 2.53. The number of rotatable bonds is 7. The van der Waals surface area contributed by atoms with Gasteiger partial charge in [0.2, 0.25) is 6.29 Å². The molecule has 0 aromatic heterocycles. The summed E-state index contributed by atoms with van der Waals surface area (Å²) < 4.78 is 10.0. The lowest BCUT2D eigenvalue weighted by Gasteiger charge is -2.10. The molecule has 120 valence electrons. The van der Waals surface area contributed by atoms with E-state index in [0.29, 0.717) is 11.3 Å². The standard InChI is InChI=1S/C18H24O4/c1-13(2)6-5-7-14(3)12-17(19)22-18(20)15-8-10-16(21-4)11-9-15/h6,8-12,17,19H,5,7H2,1-4H3/b14-12+. The van der Waals surface area contributed by atoms with Gasteiger partial charge >= 0.3 is 5.97 Å². The van der Waals surface area contributed by atoms with Crippen LogP contribution in [0, 0.1) is 0 Å². The number of benzene rings is 1. The third-order valence-electron chi connectivity index (χ3n) is 3.07. The number of aliphatic hydroxyl groups is 1. The van der Waals surface area contributed by atoms with Crippen molar-refractivity contribution in [3.63, 3.8) is 0 Å². The summed E-state index contributed by atoms with van der Waals surface area (Å²) in [6, 6.07) is 6.53. The summed E-state index contributed by atoms with van der Waals surface area (Å²) in [6.07, 6.45) is 4.18. The Kier molecular flexibility index (Phi) is 7.40. The molecule has 1 aromatic carbocycles. The summed E-state index contributed by atoms with van der Waals surface area (Å²) in [6.45, 7) is 6.00. The van der Waals surface area contributed by atoms with Crippen LogP contribution < -0.4 is 4.74 Å². The number of hydrogen-bond acceptors (Lipinski definition) is 4. The Morgan fingerprint density at radius 1 is 1.23 bits per heavy atom. The number of carbonyl (C=O) groups excluding carboxylic acids is 1. The van der Waals surface area contributed by atoms with Gasteiger partial charge in [0.1, 0.15) is 5.75 Å². The van der Waals surface area contributed by atoms with Crippen LogP contribution in [0.5, 0.6) is 5.75 Å². The number of aliphatic hydroxyl groups excluding tert-OH is 1. The highest BCUT2D eigenvalue weighted by molar-refractivity contribution is 5.89. The van der Waals surface area contributed by atoms with Gasteiger partial charge in [0, 0.05) is 0 Å². The molecule has 1 rings (SSSR count). The fourth-order valence-corrected chi connectivity index (χ4v) is 1.85. The largest absolute Gasteiger partial charge is 0.497 e. The molecule has 4 heteroatoms. The van der Waals surface area contributed by atoms with Crippen molar-refractivity contribution in [2.24, 2.45) is 0 Å². The van der Waals surface area contributed by atoms with Gasteiger partial charge in [-0.05, 0) is 64.0 Å². The molecule has 0 radical (unpaired) electrons. The quantitative estimate of drug-likeness (QED) is 0.472. The molecule has 1 aromatic rings. The molecule has 0 aliphatic heterocycles. The molecule has 0 fully saturated rings. The number of allylic oxidation sites excluding steroid dienone is 3. The first kappa shape index (κ1) is 18.0. The third-order valence-corrected chi connectivity index (χ3v) is 3.07. The van der Waals surface area contributed by atoms with Crippen LogP contribution in [-0.2, 0) is 4.74 Å². The summed E-state index contributed by atoms with van der Waals surface area (Å²) in [5.74, 6) is 0.0932. The third kappa shape index (κ3) is 6.59. The molecule has 22 heavy (non-hydrogen) atoms. The van der Waals surface area contributed by atoms with E-state index >= 15 is 0 Å². The van der Waals surface area contributed by atoms with E-state index in [1.165, 1.54) is 5.57 Å². The maximum Gasteiger partial charge on any atom is 0.340 e. The molecule has 1 atom stereocenters. The zero-order valence-electron chi connectivity index (χ0n) is 13.6. The van der Waals surface area contributed by atoms with Gasteiger partial charge in [-0.1, -0.05) is 17.2 Å². The van der Waals surface area contributed by atoms with Crippen molar-refractivity contribution in [3.05, 3.63) is 53.1 Å². The second-order valence-corrected chi connectivity index (χ2v) is 5.36. The van der Waals surface area contributed by atoms with Crippen molar-refractivity contribution in [2.75, 3.05) is 7.11 Å². The summed E-state index contributed by atoms with van der Waals surface area (Å²) in [4.78, 5) is 11.9. The van der Waals surface area contributed by atoms with E-state index in [4.69, 9.17) is 9.47 Å². The minimum absolute atomic E-state index is 0.371. The van der Waals surface area contributed by atoms with Gasteiger partial charge < -0.3 is 14.6 Å². The van der Waals surface area contributed by atoms with Gasteiger partial charge in [0.05, 0.1) is 12.7 Å². The van der Waals surface area contributed by atoms with Crippen LogP contribution in [-0.4, -0.2) is 24.5 Å². The molecule has 0 heterocycles. The van der Waals surface area contributed by atoms with Crippen molar-refractivity contribution in [1.29, 1.82) is 0 Å². The van der Waals surface area contributed by atoms with Crippen LogP contribution in [0.15, 0.2) is 47.6 Å². The lowest BCUT2D eigenvalue weighted by molar-refractivity contribution is -0.0356. The fourth-order valence-electron chi connectivity index (χ4n) is 1.85. The van der Waals surface area contributed by atoms with E-state index in [1.807, 2.05) is 20.8 Å². The fraction of sp³-hybridized carbons (Fsp3) is 0.389. The molecular formula is C18H24O4. The van der Waals surface area contributed by atoms with Crippen molar-refractivity contribution >= 4 is 5.97 Å². The number of carbonyl (C=O) groups is 1. The lowest BCUT2D eigenvalue weighted by atomic mass is 10.1. The average molecular weight is 304 g/mol. The maximum atomic E-state index is 11.9. The minimum atomic E-state index is -1.23. The second-order valence-electron chi connectivity index (χ2n) is 5.36. The summed E-state index contributed by atoms with van der Waals surface area (Å²) in [5.41, 5.74) is 2.61. The topological polar surface area (TPSA) is 55.8 Å². The van der Waals surface area contributed by atoms with Crippen LogP contribution in [0.3, 0.4) is 0 Å². The van der Waals surface area contributed by atoms with Gasteiger partial charge in [0.15, 0.2) is 0 Å². The lowest BCUT2D eigenvalue weighted by Crippen LogP contribution is -2.15. The van der Waals surface area contributed by atoms with Gasteiger partial charge in [-0.2, -0.15) is 0 Å². The molecule has 1 unspecified atom stereocenters. The highest BCUT2D eigenvalue weighted by Crippen LogP contribution is 2.13. The van der Waals surface area contributed by atoms with E-state index < -0.39 is 12.3 Å². The predicted molar refractivity (Wildman–Crippen MR) is 86.8 cm³/mol. The van der Waals surface area contributed by atoms with Crippen molar-refractivity contribution in [3.8, 4) is 5.75 Å². The van der Waals surface area contributed by atoms with Gasteiger partial charge in [0.25, 0.3) is 0 Å². The normalized spacial score (nSPS) is 12.5. The van der Waals surface area contributed by atoms with Crippen LogP contribution >= 0.6 is 0 Å². The van der Waals surface area contributed by atoms with Gasteiger partial charge in [-0.15, -0.1) is 0 Å². The molecule has 0 bridgehead atoms. The molecule has 1 N–H and O–H groups in total. The Hall–Kier alpha value is -2.07. The molecule has 0 amide bonds. The molecule has 0 spiro atoms. The highest BCUT2D eigenvalue weighted by atomic mass is 16.6. The maximum absolute atomic E-state index is 11.9. The molecule has 0 saturated carbocycles. The summed E-state index contributed by atoms with van der Waals surface area (Å²) in [7, 11) is 1.56. The summed E-state index contributed by atoms with van der Waals surface area (Å²) in [5, 5.41) is 9.80. The van der Waals surface area contributed by atoms with Crippen molar-refractivity contribution in [2.45, 2.75) is 39.9 Å². The van der Waals surface area contributed by atoms with E-state index in [0.717, 1.165) is 18.4 Å². The molecule has 0 aliphatic rings. The van der Waals surface area contributed by atoms with Crippen LogP contribution in [0.4, 0.5) is 0 Å². The number of methoxy groups -OCH3 is 1. The summed E-state index contributed by atoms with van der Waals surface area (Å²) >= 11 is 0. The first-order chi connectivity index (χ1) is 10.4. The second kappa shape index (κ2) is 9.05. The molecular weight excluding hydrogens is 280 g/mol. The zero-order valence-corrected chi connectivity index (χ0v) is 13.6. The van der Waals surface area contributed by atoms with Crippen LogP contribution in [0.2, 0.25) is 0 Å². The van der Waals surface area contributed by atoms with E-state index in [1.54, 1.807) is 37.5 Å². The van der Waals surface area contributed by atoms with E-state index in [2.05, 4.69) is 6.08 Å². The van der Waals surface area contributed by atoms with Gasteiger partial charge in [-0.3, -0.25) is 0 Å². The predicted octanol–water partition coefficient (Wildman–Crippen LogP) is 3.86. The Labute approximate surface area is 132 Å². The monoisotopic (exact) mass is 304 g/mol. The SMILES string of the molecule is COc1ccc(C(=O)OC(O)/C=C(\C)CCC=C(C)C)cc1. The highest BCUT2D eigenvalue weighted by Gasteiger charge is 2.11. The number of hydrogen-bond donors (Lipinski definition) is 1. The molecule has 0 saturated heterocycles. The van der Waals surface area contributed by atoms with Crippen molar-refractivity contribution < 1.29 is 19.4 Å². The van der Waals surface area contributed by atoms with Crippen LogP contribution in [0.1, 0.15) is 44.0 Å². The molecule has 0 aliphatic carbocycles. The van der Waals surface area contributed by atoms with Crippen LogP contribution in [0.25, 0.3) is 0 Å². The zero-order chi connectivity index (χ0) is 16.5. The Bertz CT molecular complexity index is 537. The van der Waals surface area contributed by atoms with Crippen molar-refractivity contribution in [1.82, 2.24) is 0 Å². The Morgan fingerprint density at radius 3 is 2.41 bits per heavy atom. The first-order valence-corrected chi connectivity index (χ1v) is 7.26. The average Bonchev–Trinajstić information content (AvgIpc) is 2.46. The smallest absolute Gasteiger partial charge is 0.340 e. The van der Waals surface area contributed by atoms with Gasteiger partial charge in [-0.25, -0.2) is 4.79 Å². The number of esters is 1. The first-order valence-electron chi connectivity index (χ1n) is 7.26. The number of ether oxygens (including phenoxy) is 2. The van der Waals surface area contributed by atoms with E-state index in [-0.39, 0.29) is 0 Å². The minimum Gasteiger partial charge on any atom is -0.497 e. The molecule has 4 nitrogen and oxygen atoms in total.